The SMILES string of the molecule is O=C(CC1C=CCC1)NCCNC(=O)c1ccc(Cl)c(Cl)c1. The Labute approximate surface area is 139 Å². The molecule has 1 aliphatic carbocycles. The van der Waals surface area contributed by atoms with Crippen LogP contribution >= 0.6 is 23.2 Å². The molecule has 0 saturated heterocycles. The van der Waals surface area contributed by atoms with Crippen LogP contribution in [0.5, 0.6) is 0 Å². The molecule has 0 saturated carbocycles. The predicted octanol–water partition coefficient (Wildman–Crippen LogP) is 3.20. The molecule has 1 atom stereocenters. The van der Waals surface area contributed by atoms with Gasteiger partial charge in [0.15, 0.2) is 0 Å². The van der Waals surface area contributed by atoms with Crippen LogP contribution in [0.4, 0.5) is 0 Å². The molecule has 0 heterocycles. The van der Waals surface area contributed by atoms with Crippen LogP contribution in [-0.2, 0) is 4.79 Å². The molecule has 1 aliphatic rings. The monoisotopic (exact) mass is 340 g/mol. The van der Waals surface area contributed by atoms with E-state index in [0.717, 1.165) is 12.8 Å². The fourth-order valence-corrected chi connectivity index (χ4v) is 2.59. The molecule has 4 nitrogen and oxygen atoms in total. The maximum Gasteiger partial charge on any atom is 0.251 e. The predicted molar refractivity (Wildman–Crippen MR) is 88.3 cm³/mol. The zero-order chi connectivity index (χ0) is 15.9. The number of allylic oxidation sites excluding steroid dienone is 2. The van der Waals surface area contributed by atoms with Crippen LogP contribution in [-0.4, -0.2) is 24.9 Å². The molecule has 1 aromatic rings. The molecule has 2 amide bonds. The summed E-state index contributed by atoms with van der Waals surface area (Å²) in [7, 11) is 0. The number of benzene rings is 1. The quantitative estimate of drug-likeness (QED) is 0.617. The summed E-state index contributed by atoms with van der Waals surface area (Å²) in [6.07, 6.45) is 6.80. The highest BCUT2D eigenvalue weighted by Gasteiger charge is 2.13. The summed E-state index contributed by atoms with van der Waals surface area (Å²) < 4.78 is 0. The smallest absolute Gasteiger partial charge is 0.251 e. The van der Waals surface area contributed by atoms with Crippen LogP contribution in [0, 0.1) is 5.92 Å². The first-order valence-corrected chi connectivity index (χ1v) is 7.98. The first-order valence-electron chi connectivity index (χ1n) is 7.23. The van der Waals surface area contributed by atoms with Crippen molar-refractivity contribution in [1.29, 1.82) is 0 Å². The van der Waals surface area contributed by atoms with Crippen LogP contribution in [0.25, 0.3) is 0 Å². The van der Waals surface area contributed by atoms with Gasteiger partial charge in [-0.2, -0.15) is 0 Å². The minimum atomic E-state index is -0.244. The van der Waals surface area contributed by atoms with Gasteiger partial charge in [0.25, 0.3) is 5.91 Å². The van der Waals surface area contributed by atoms with Gasteiger partial charge in [-0.3, -0.25) is 9.59 Å². The third kappa shape index (κ3) is 5.04. The Bertz CT molecular complexity index is 588. The summed E-state index contributed by atoms with van der Waals surface area (Å²) in [4.78, 5) is 23.6. The number of amides is 2. The van der Waals surface area contributed by atoms with Gasteiger partial charge in [-0.05, 0) is 37.0 Å². The molecular weight excluding hydrogens is 323 g/mol. The summed E-state index contributed by atoms with van der Waals surface area (Å²) in [6, 6.07) is 4.70. The lowest BCUT2D eigenvalue weighted by molar-refractivity contribution is -0.121. The average molecular weight is 341 g/mol. The number of rotatable bonds is 6. The van der Waals surface area contributed by atoms with Gasteiger partial charge in [-0.15, -0.1) is 0 Å². The summed E-state index contributed by atoms with van der Waals surface area (Å²) >= 11 is 11.7. The molecule has 0 spiro atoms. The number of hydrogen-bond acceptors (Lipinski definition) is 2. The highest BCUT2D eigenvalue weighted by Crippen LogP contribution is 2.22. The molecule has 0 bridgehead atoms. The molecule has 0 aromatic heterocycles. The van der Waals surface area contributed by atoms with Crippen molar-refractivity contribution in [2.75, 3.05) is 13.1 Å². The van der Waals surface area contributed by atoms with Gasteiger partial charge in [0.2, 0.25) is 5.91 Å². The number of carbonyl (C=O) groups excluding carboxylic acids is 2. The molecule has 6 heteroatoms. The van der Waals surface area contributed by atoms with Crippen molar-refractivity contribution in [3.8, 4) is 0 Å². The topological polar surface area (TPSA) is 58.2 Å². The van der Waals surface area contributed by atoms with E-state index >= 15 is 0 Å². The molecule has 1 unspecified atom stereocenters. The van der Waals surface area contributed by atoms with E-state index in [2.05, 4.69) is 22.8 Å². The first-order chi connectivity index (χ1) is 10.6. The minimum Gasteiger partial charge on any atom is -0.354 e. The van der Waals surface area contributed by atoms with E-state index in [1.165, 1.54) is 6.07 Å². The van der Waals surface area contributed by atoms with Crippen LogP contribution in [0.1, 0.15) is 29.6 Å². The van der Waals surface area contributed by atoms with E-state index in [1.807, 2.05) is 0 Å². The summed E-state index contributed by atoms with van der Waals surface area (Å²) in [5, 5.41) is 6.28. The fraction of sp³-hybridized carbons (Fsp3) is 0.375. The molecule has 2 N–H and O–H groups in total. The molecule has 0 aliphatic heterocycles. The van der Waals surface area contributed by atoms with Gasteiger partial charge < -0.3 is 10.6 Å². The van der Waals surface area contributed by atoms with Crippen molar-refractivity contribution in [3.05, 3.63) is 46.0 Å². The van der Waals surface area contributed by atoms with E-state index < -0.39 is 0 Å². The second-order valence-electron chi connectivity index (χ2n) is 5.20. The van der Waals surface area contributed by atoms with Crippen molar-refractivity contribution < 1.29 is 9.59 Å². The molecular formula is C16H18Cl2N2O2. The van der Waals surface area contributed by atoms with E-state index in [9.17, 15) is 9.59 Å². The number of nitrogens with one attached hydrogen (secondary N) is 2. The van der Waals surface area contributed by atoms with E-state index in [4.69, 9.17) is 23.2 Å². The number of carbonyl (C=O) groups is 2. The largest absolute Gasteiger partial charge is 0.354 e. The van der Waals surface area contributed by atoms with Crippen molar-refractivity contribution in [2.24, 2.45) is 5.92 Å². The van der Waals surface area contributed by atoms with Crippen LogP contribution in [0.3, 0.4) is 0 Å². The Balaban J connectivity index is 1.67. The first kappa shape index (κ1) is 16.8. The molecule has 0 radical (unpaired) electrons. The maximum atomic E-state index is 11.9. The lowest BCUT2D eigenvalue weighted by atomic mass is 10.1. The second-order valence-corrected chi connectivity index (χ2v) is 6.02. The molecule has 1 aromatic carbocycles. The lowest BCUT2D eigenvalue weighted by Gasteiger charge is -2.10. The van der Waals surface area contributed by atoms with E-state index in [0.29, 0.717) is 41.0 Å². The minimum absolute atomic E-state index is 0.0142. The zero-order valence-corrected chi connectivity index (χ0v) is 13.6. The van der Waals surface area contributed by atoms with E-state index in [-0.39, 0.29) is 11.8 Å². The third-order valence-electron chi connectivity index (χ3n) is 3.47. The third-order valence-corrected chi connectivity index (χ3v) is 4.21. The zero-order valence-electron chi connectivity index (χ0n) is 12.1. The Morgan fingerprint density at radius 3 is 2.59 bits per heavy atom. The Morgan fingerprint density at radius 2 is 1.91 bits per heavy atom. The molecule has 2 rings (SSSR count). The van der Waals surface area contributed by atoms with Gasteiger partial charge in [0, 0.05) is 25.1 Å². The summed E-state index contributed by atoms with van der Waals surface area (Å²) in [6.45, 7) is 0.771. The Morgan fingerprint density at radius 1 is 1.14 bits per heavy atom. The summed E-state index contributed by atoms with van der Waals surface area (Å²) in [5.41, 5.74) is 0.441. The molecule has 0 fully saturated rings. The Kier molecular flexibility index (Phi) is 6.28. The lowest BCUT2D eigenvalue weighted by Crippen LogP contribution is -2.35. The average Bonchev–Trinajstić information content (AvgIpc) is 2.99. The molecule has 118 valence electrons. The highest BCUT2D eigenvalue weighted by molar-refractivity contribution is 6.42. The van der Waals surface area contributed by atoms with Crippen molar-refractivity contribution in [2.45, 2.75) is 19.3 Å². The van der Waals surface area contributed by atoms with Gasteiger partial charge in [0.05, 0.1) is 10.0 Å². The Hall–Kier alpha value is -1.52. The van der Waals surface area contributed by atoms with Gasteiger partial charge in [-0.1, -0.05) is 35.4 Å². The maximum absolute atomic E-state index is 11.9. The van der Waals surface area contributed by atoms with E-state index in [1.54, 1.807) is 12.1 Å². The second kappa shape index (κ2) is 8.20. The highest BCUT2D eigenvalue weighted by atomic mass is 35.5. The van der Waals surface area contributed by atoms with Crippen molar-refractivity contribution in [3.63, 3.8) is 0 Å². The number of hydrogen-bond donors (Lipinski definition) is 2. The van der Waals surface area contributed by atoms with Gasteiger partial charge in [0.1, 0.15) is 0 Å². The fourth-order valence-electron chi connectivity index (χ4n) is 2.29. The normalized spacial score (nSPS) is 16.5. The van der Waals surface area contributed by atoms with Gasteiger partial charge in [-0.25, -0.2) is 0 Å². The van der Waals surface area contributed by atoms with Crippen molar-refractivity contribution in [1.82, 2.24) is 10.6 Å². The molecule has 22 heavy (non-hydrogen) atoms. The van der Waals surface area contributed by atoms with Gasteiger partial charge >= 0.3 is 0 Å². The number of halogens is 2. The van der Waals surface area contributed by atoms with Crippen LogP contribution < -0.4 is 10.6 Å². The van der Waals surface area contributed by atoms with Crippen LogP contribution in [0.15, 0.2) is 30.4 Å². The summed E-state index contributed by atoms with van der Waals surface area (Å²) in [5.74, 6) is 0.123. The standard InChI is InChI=1S/C16H18Cl2N2O2/c17-13-6-5-12(10-14(13)18)16(22)20-8-7-19-15(21)9-11-3-1-2-4-11/h1,3,5-6,10-11H,2,4,7-9H2,(H,19,21)(H,20,22). The van der Waals surface area contributed by atoms with Crippen molar-refractivity contribution >= 4 is 35.0 Å². The van der Waals surface area contributed by atoms with Crippen LogP contribution in [0.2, 0.25) is 10.0 Å².